The van der Waals surface area contributed by atoms with Crippen LogP contribution in [0.5, 0.6) is 0 Å². The largest absolute Gasteiger partial charge is 0.388 e. The standard InChI is InChI=1S/C14H17N3O/c18-14-6-9-16(10-11-17-8-3-7-15-17)13-5-2-1-4-12(13)14/h1-5,7-8,14,18H,6,9-11H2. The van der Waals surface area contributed by atoms with Crippen LogP contribution in [0.15, 0.2) is 42.7 Å². The van der Waals surface area contributed by atoms with Crippen molar-refractivity contribution in [1.82, 2.24) is 9.78 Å². The summed E-state index contributed by atoms with van der Waals surface area (Å²) in [6, 6.07) is 10.0. The molecule has 1 aromatic carbocycles. The molecule has 1 aliphatic rings. The molecule has 0 bridgehead atoms. The normalized spacial score (nSPS) is 18.7. The van der Waals surface area contributed by atoms with Gasteiger partial charge < -0.3 is 10.0 Å². The average molecular weight is 243 g/mol. The van der Waals surface area contributed by atoms with Crippen LogP contribution >= 0.6 is 0 Å². The molecule has 1 N–H and O–H groups in total. The van der Waals surface area contributed by atoms with Gasteiger partial charge in [-0.15, -0.1) is 0 Å². The molecule has 18 heavy (non-hydrogen) atoms. The highest BCUT2D eigenvalue weighted by Crippen LogP contribution is 2.33. The van der Waals surface area contributed by atoms with E-state index in [1.54, 1.807) is 6.20 Å². The molecule has 0 saturated heterocycles. The van der Waals surface area contributed by atoms with Gasteiger partial charge in [-0.05, 0) is 18.6 Å². The highest BCUT2D eigenvalue weighted by atomic mass is 16.3. The molecule has 0 spiro atoms. The molecule has 1 aliphatic heterocycles. The average Bonchev–Trinajstić information content (AvgIpc) is 2.92. The Balaban J connectivity index is 1.76. The zero-order valence-electron chi connectivity index (χ0n) is 10.2. The van der Waals surface area contributed by atoms with Gasteiger partial charge in [-0.3, -0.25) is 4.68 Å². The van der Waals surface area contributed by atoms with Gasteiger partial charge in [0.1, 0.15) is 0 Å². The van der Waals surface area contributed by atoms with Crippen LogP contribution in [0, 0.1) is 0 Å². The summed E-state index contributed by atoms with van der Waals surface area (Å²) in [6.45, 7) is 2.70. The maximum Gasteiger partial charge on any atom is 0.0826 e. The maximum absolute atomic E-state index is 9.99. The number of aliphatic hydroxyl groups is 1. The number of benzene rings is 1. The van der Waals surface area contributed by atoms with Crippen molar-refractivity contribution >= 4 is 5.69 Å². The van der Waals surface area contributed by atoms with Gasteiger partial charge in [0.2, 0.25) is 0 Å². The van der Waals surface area contributed by atoms with Gasteiger partial charge in [-0.1, -0.05) is 18.2 Å². The summed E-state index contributed by atoms with van der Waals surface area (Å²) in [7, 11) is 0. The number of anilines is 1. The Morgan fingerprint density at radius 2 is 2.11 bits per heavy atom. The van der Waals surface area contributed by atoms with Gasteiger partial charge in [0, 0.05) is 36.7 Å². The molecule has 0 amide bonds. The van der Waals surface area contributed by atoms with Crippen molar-refractivity contribution in [2.45, 2.75) is 19.1 Å². The molecule has 0 aliphatic carbocycles. The minimum Gasteiger partial charge on any atom is -0.388 e. The van der Waals surface area contributed by atoms with Gasteiger partial charge in [0.15, 0.2) is 0 Å². The number of hydrogen-bond acceptors (Lipinski definition) is 3. The number of para-hydroxylation sites is 1. The van der Waals surface area contributed by atoms with Crippen LogP contribution < -0.4 is 4.90 Å². The molecule has 0 saturated carbocycles. The predicted octanol–water partition coefficient (Wildman–Crippen LogP) is 1.83. The van der Waals surface area contributed by atoms with Gasteiger partial charge in [0.05, 0.1) is 12.6 Å². The van der Waals surface area contributed by atoms with E-state index in [1.807, 2.05) is 35.1 Å². The number of aromatic nitrogens is 2. The monoisotopic (exact) mass is 243 g/mol. The molecule has 4 heteroatoms. The fourth-order valence-corrected chi connectivity index (χ4v) is 2.50. The zero-order valence-corrected chi connectivity index (χ0v) is 10.2. The first-order chi connectivity index (χ1) is 8.84. The minimum absolute atomic E-state index is 0.317. The van der Waals surface area contributed by atoms with Crippen LogP contribution in [0.3, 0.4) is 0 Å². The summed E-state index contributed by atoms with van der Waals surface area (Å²) in [5, 5.41) is 14.2. The van der Waals surface area contributed by atoms with E-state index in [9.17, 15) is 5.11 Å². The van der Waals surface area contributed by atoms with Crippen LogP contribution in [0.25, 0.3) is 0 Å². The summed E-state index contributed by atoms with van der Waals surface area (Å²) in [5.74, 6) is 0. The van der Waals surface area contributed by atoms with E-state index in [0.29, 0.717) is 0 Å². The Morgan fingerprint density at radius 1 is 1.22 bits per heavy atom. The summed E-state index contributed by atoms with van der Waals surface area (Å²) in [6.07, 6.45) is 4.26. The fourth-order valence-electron chi connectivity index (χ4n) is 2.50. The lowest BCUT2D eigenvalue weighted by Gasteiger charge is -2.33. The van der Waals surface area contributed by atoms with Gasteiger partial charge in [-0.25, -0.2) is 0 Å². The lowest BCUT2D eigenvalue weighted by atomic mass is 9.99. The van der Waals surface area contributed by atoms with Crippen molar-refractivity contribution in [3.63, 3.8) is 0 Å². The van der Waals surface area contributed by atoms with Crippen molar-refractivity contribution in [3.05, 3.63) is 48.3 Å². The highest BCUT2D eigenvalue weighted by Gasteiger charge is 2.22. The van der Waals surface area contributed by atoms with E-state index in [1.165, 1.54) is 0 Å². The minimum atomic E-state index is -0.317. The van der Waals surface area contributed by atoms with Crippen LogP contribution in [0.4, 0.5) is 5.69 Å². The number of nitrogens with zero attached hydrogens (tertiary/aromatic N) is 3. The molecule has 3 rings (SSSR count). The van der Waals surface area contributed by atoms with Gasteiger partial charge in [-0.2, -0.15) is 5.10 Å². The summed E-state index contributed by atoms with van der Waals surface area (Å²) in [5.41, 5.74) is 2.20. The Bertz CT molecular complexity index is 510. The molecule has 2 aromatic rings. The molecule has 0 fully saturated rings. The topological polar surface area (TPSA) is 41.3 Å². The SMILES string of the molecule is OC1CCN(CCn2cccn2)c2ccccc21. The fraction of sp³-hybridized carbons (Fsp3) is 0.357. The highest BCUT2D eigenvalue weighted by molar-refractivity contribution is 5.56. The summed E-state index contributed by atoms with van der Waals surface area (Å²) < 4.78 is 1.94. The molecule has 1 atom stereocenters. The number of fused-ring (bicyclic) bond motifs is 1. The van der Waals surface area contributed by atoms with Crippen LogP contribution in [0.1, 0.15) is 18.1 Å². The van der Waals surface area contributed by atoms with Crippen molar-refractivity contribution in [1.29, 1.82) is 0 Å². The van der Waals surface area contributed by atoms with Crippen molar-refractivity contribution in [3.8, 4) is 0 Å². The van der Waals surface area contributed by atoms with Crippen LogP contribution in [0.2, 0.25) is 0 Å². The smallest absolute Gasteiger partial charge is 0.0826 e. The Labute approximate surface area is 106 Å². The molecular formula is C14H17N3O. The Morgan fingerprint density at radius 3 is 2.94 bits per heavy atom. The van der Waals surface area contributed by atoms with Crippen LogP contribution in [-0.2, 0) is 6.54 Å². The van der Waals surface area contributed by atoms with Crippen molar-refractivity contribution < 1.29 is 5.11 Å². The second-order valence-electron chi connectivity index (χ2n) is 4.62. The summed E-state index contributed by atoms with van der Waals surface area (Å²) in [4.78, 5) is 2.32. The van der Waals surface area contributed by atoms with Crippen molar-refractivity contribution in [2.75, 3.05) is 18.0 Å². The molecule has 0 radical (unpaired) electrons. The van der Waals surface area contributed by atoms with E-state index in [2.05, 4.69) is 16.1 Å². The third-order valence-corrected chi connectivity index (χ3v) is 3.47. The van der Waals surface area contributed by atoms with E-state index in [4.69, 9.17) is 0 Å². The molecule has 2 heterocycles. The van der Waals surface area contributed by atoms with E-state index >= 15 is 0 Å². The summed E-state index contributed by atoms with van der Waals surface area (Å²) >= 11 is 0. The molecule has 4 nitrogen and oxygen atoms in total. The third-order valence-electron chi connectivity index (χ3n) is 3.47. The Hall–Kier alpha value is -1.81. The van der Waals surface area contributed by atoms with E-state index in [-0.39, 0.29) is 6.10 Å². The number of rotatable bonds is 3. The van der Waals surface area contributed by atoms with Gasteiger partial charge in [0.25, 0.3) is 0 Å². The first kappa shape index (κ1) is 11.3. The zero-order chi connectivity index (χ0) is 12.4. The van der Waals surface area contributed by atoms with Crippen molar-refractivity contribution in [2.24, 2.45) is 0 Å². The maximum atomic E-state index is 9.99. The quantitative estimate of drug-likeness (QED) is 0.894. The molecule has 94 valence electrons. The lowest BCUT2D eigenvalue weighted by Crippen LogP contribution is -2.33. The Kier molecular flexibility index (Phi) is 3.02. The first-order valence-electron chi connectivity index (χ1n) is 6.34. The molecular weight excluding hydrogens is 226 g/mol. The van der Waals surface area contributed by atoms with E-state index < -0.39 is 0 Å². The van der Waals surface area contributed by atoms with Crippen LogP contribution in [-0.4, -0.2) is 28.0 Å². The first-order valence-corrected chi connectivity index (χ1v) is 6.34. The molecule has 1 aromatic heterocycles. The second-order valence-corrected chi connectivity index (χ2v) is 4.62. The second kappa shape index (κ2) is 4.82. The number of hydrogen-bond donors (Lipinski definition) is 1. The lowest BCUT2D eigenvalue weighted by molar-refractivity contribution is 0.164. The third kappa shape index (κ3) is 2.11. The van der Waals surface area contributed by atoms with Gasteiger partial charge >= 0.3 is 0 Å². The predicted molar refractivity (Wildman–Crippen MR) is 70.5 cm³/mol. The number of aliphatic hydroxyl groups excluding tert-OH is 1. The molecule has 1 unspecified atom stereocenters. The van der Waals surface area contributed by atoms with E-state index in [0.717, 1.165) is 37.3 Å².